The molecule has 2 atom stereocenters. The van der Waals surface area contributed by atoms with Gasteiger partial charge in [0.2, 0.25) is 11.8 Å². The van der Waals surface area contributed by atoms with Crippen molar-refractivity contribution in [1.29, 1.82) is 0 Å². The molecular formula is C23H40N2O4. The van der Waals surface area contributed by atoms with Gasteiger partial charge in [-0.15, -0.1) is 0 Å². The van der Waals surface area contributed by atoms with E-state index >= 15 is 0 Å². The van der Waals surface area contributed by atoms with E-state index in [0.717, 1.165) is 83.5 Å². The first kappa shape index (κ1) is 25.4. The molecule has 2 amide bonds. The molecule has 0 spiro atoms. The number of carbonyl (C=O) groups excluding carboxylic acids is 2. The largest absolute Gasteiger partial charge is 0.396 e. The summed E-state index contributed by atoms with van der Waals surface area (Å²) < 4.78 is 0. The Morgan fingerprint density at radius 2 is 1.10 bits per heavy atom. The van der Waals surface area contributed by atoms with Crippen LogP contribution in [0.5, 0.6) is 0 Å². The van der Waals surface area contributed by atoms with Crippen LogP contribution >= 0.6 is 0 Å². The van der Waals surface area contributed by atoms with E-state index in [1.165, 1.54) is 0 Å². The van der Waals surface area contributed by atoms with Crippen molar-refractivity contribution in [1.82, 2.24) is 10.6 Å². The average Bonchev–Trinajstić information content (AvgIpc) is 3.13. The molecule has 166 valence electrons. The maximum absolute atomic E-state index is 12.1. The second-order valence-corrected chi connectivity index (χ2v) is 7.82. The molecule has 0 aromatic carbocycles. The Balaban J connectivity index is 2.21. The van der Waals surface area contributed by atoms with Crippen molar-refractivity contribution < 1.29 is 19.8 Å². The smallest absolute Gasteiger partial charge is 0.243 e. The number of aliphatic hydroxyl groups excluding tert-OH is 2. The number of hydrogen-bond acceptors (Lipinski definition) is 4. The molecule has 1 saturated carbocycles. The van der Waals surface area contributed by atoms with Crippen LogP contribution in [0.3, 0.4) is 0 Å². The van der Waals surface area contributed by atoms with E-state index in [0.29, 0.717) is 0 Å². The van der Waals surface area contributed by atoms with Gasteiger partial charge >= 0.3 is 0 Å². The zero-order chi connectivity index (χ0) is 21.2. The van der Waals surface area contributed by atoms with Crippen LogP contribution < -0.4 is 10.6 Å². The lowest BCUT2D eigenvalue weighted by Crippen LogP contribution is -2.47. The Morgan fingerprint density at radius 3 is 1.52 bits per heavy atom. The van der Waals surface area contributed by atoms with Crippen molar-refractivity contribution in [2.75, 3.05) is 13.2 Å². The third kappa shape index (κ3) is 13.2. The molecule has 4 N–H and O–H groups in total. The molecule has 1 fully saturated rings. The van der Waals surface area contributed by atoms with Gasteiger partial charge in [-0.2, -0.15) is 0 Å². The highest BCUT2D eigenvalue weighted by Crippen LogP contribution is 2.19. The van der Waals surface area contributed by atoms with E-state index < -0.39 is 0 Å². The fraction of sp³-hybridized carbons (Fsp3) is 0.739. The molecule has 1 aliphatic carbocycles. The van der Waals surface area contributed by atoms with E-state index in [1.807, 2.05) is 12.2 Å². The lowest BCUT2D eigenvalue weighted by Gasteiger charge is -2.21. The lowest BCUT2D eigenvalue weighted by atomic mass is 10.1. The zero-order valence-electron chi connectivity index (χ0n) is 17.8. The first-order chi connectivity index (χ1) is 14.2. The molecule has 0 unspecified atom stereocenters. The maximum atomic E-state index is 12.1. The van der Waals surface area contributed by atoms with Crippen molar-refractivity contribution in [3.63, 3.8) is 0 Å². The summed E-state index contributed by atoms with van der Waals surface area (Å²) in [5.74, 6) is -0.185. The van der Waals surface area contributed by atoms with Crippen molar-refractivity contribution >= 4 is 11.8 Å². The highest BCUT2D eigenvalue weighted by atomic mass is 16.3. The van der Waals surface area contributed by atoms with Crippen LogP contribution in [0.15, 0.2) is 24.3 Å². The summed E-state index contributed by atoms with van der Waals surface area (Å²) in [6, 6.07) is -0.0138. The number of hydrogen-bond donors (Lipinski definition) is 4. The second kappa shape index (κ2) is 17.2. The third-order valence-electron chi connectivity index (χ3n) is 5.27. The Kier molecular flexibility index (Phi) is 15.1. The van der Waals surface area contributed by atoms with Gasteiger partial charge in [0, 0.05) is 25.3 Å². The Hall–Kier alpha value is -1.66. The van der Waals surface area contributed by atoms with Gasteiger partial charge in [0.05, 0.1) is 0 Å². The van der Waals surface area contributed by atoms with Gasteiger partial charge in [0.15, 0.2) is 0 Å². The monoisotopic (exact) mass is 408 g/mol. The van der Waals surface area contributed by atoms with Crippen LogP contribution in [-0.2, 0) is 9.59 Å². The summed E-state index contributed by atoms with van der Waals surface area (Å²) in [5.41, 5.74) is 0. The van der Waals surface area contributed by atoms with E-state index in [9.17, 15) is 9.59 Å². The minimum atomic E-state index is -0.0927. The van der Waals surface area contributed by atoms with Crippen molar-refractivity contribution in [2.24, 2.45) is 0 Å². The number of carbonyl (C=O) groups is 2. The van der Waals surface area contributed by atoms with Gasteiger partial charge in [-0.3, -0.25) is 9.59 Å². The number of unbranched alkanes of at least 4 members (excludes halogenated alkanes) is 8. The summed E-state index contributed by atoms with van der Waals surface area (Å²) in [7, 11) is 0. The summed E-state index contributed by atoms with van der Waals surface area (Å²) in [4.78, 5) is 24.2. The molecule has 1 rings (SSSR count). The molecule has 1 aliphatic rings. The molecule has 0 heterocycles. The zero-order valence-corrected chi connectivity index (χ0v) is 17.8. The molecule has 6 heteroatoms. The quantitative estimate of drug-likeness (QED) is 0.233. The van der Waals surface area contributed by atoms with Gasteiger partial charge in [0.1, 0.15) is 0 Å². The van der Waals surface area contributed by atoms with Crippen LogP contribution in [0.25, 0.3) is 0 Å². The molecular weight excluding hydrogens is 368 g/mol. The summed E-state index contributed by atoms with van der Waals surface area (Å²) in [6.45, 7) is 0.497. The van der Waals surface area contributed by atoms with Crippen LogP contribution in [0.4, 0.5) is 0 Å². The standard InChI is InChI=1S/C23H40N2O4/c26-18-11-7-3-1-5-9-16-22(28)24-20-14-13-15-21(20)25-23(29)17-10-6-2-4-8-12-19-27/h9-10,16-17,20-21,26-27H,1-8,11-15,18-19H2,(H,24,28)(H,25,29)/b16-9+,17-10+/t20-,21+. The molecule has 0 aliphatic heterocycles. The Labute approximate surface area is 175 Å². The van der Waals surface area contributed by atoms with Gasteiger partial charge in [-0.05, 0) is 69.9 Å². The van der Waals surface area contributed by atoms with Gasteiger partial charge in [0.25, 0.3) is 0 Å². The average molecular weight is 409 g/mol. The van der Waals surface area contributed by atoms with Crippen molar-refractivity contribution in [3.8, 4) is 0 Å². The number of rotatable bonds is 16. The van der Waals surface area contributed by atoms with Crippen molar-refractivity contribution in [2.45, 2.75) is 95.6 Å². The number of amides is 2. The van der Waals surface area contributed by atoms with Crippen LogP contribution in [0, 0.1) is 0 Å². The van der Waals surface area contributed by atoms with Crippen LogP contribution in [0.1, 0.15) is 83.5 Å². The highest BCUT2D eigenvalue weighted by Gasteiger charge is 2.28. The second-order valence-electron chi connectivity index (χ2n) is 7.82. The summed E-state index contributed by atoms with van der Waals surface area (Å²) >= 11 is 0. The topological polar surface area (TPSA) is 98.7 Å². The van der Waals surface area contributed by atoms with E-state index in [2.05, 4.69) is 10.6 Å². The Morgan fingerprint density at radius 1 is 0.690 bits per heavy atom. The lowest BCUT2D eigenvalue weighted by molar-refractivity contribution is -0.119. The first-order valence-corrected chi connectivity index (χ1v) is 11.3. The van der Waals surface area contributed by atoms with Gasteiger partial charge < -0.3 is 20.8 Å². The number of nitrogens with one attached hydrogen (secondary N) is 2. The predicted octanol–water partition coefficient (Wildman–Crippen LogP) is 3.14. The van der Waals surface area contributed by atoms with E-state index in [-0.39, 0.29) is 37.1 Å². The highest BCUT2D eigenvalue weighted by molar-refractivity contribution is 5.89. The molecule has 0 aromatic heterocycles. The normalized spacial score (nSPS) is 19.2. The molecule has 0 aromatic rings. The maximum Gasteiger partial charge on any atom is 0.243 e. The number of aliphatic hydroxyl groups is 2. The SMILES string of the molecule is O=C(/C=C/CCCCCCO)N[C@H]1CCC[C@H]1NC(=O)/C=C/CCCCCCO. The number of allylic oxidation sites excluding steroid dienone is 2. The molecule has 0 radical (unpaired) electrons. The van der Waals surface area contributed by atoms with Crippen LogP contribution in [0.2, 0.25) is 0 Å². The molecule has 0 saturated heterocycles. The fourth-order valence-corrected chi connectivity index (χ4v) is 3.60. The Bertz CT molecular complexity index is 461. The van der Waals surface area contributed by atoms with Gasteiger partial charge in [-0.1, -0.05) is 37.8 Å². The minimum absolute atomic E-state index is 0.00691. The molecule has 29 heavy (non-hydrogen) atoms. The first-order valence-electron chi connectivity index (χ1n) is 11.3. The van der Waals surface area contributed by atoms with E-state index in [1.54, 1.807) is 12.2 Å². The summed E-state index contributed by atoms with van der Waals surface area (Å²) in [6.07, 6.45) is 19.5. The fourth-order valence-electron chi connectivity index (χ4n) is 3.60. The minimum Gasteiger partial charge on any atom is -0.396 e. The van der Waals surface area contributed by atoms with Crippen LogP contribution in [-0.4, -0.2) is 47.3 Å². The molecule has 0 bridgehead atoms. The van der Waals surface area contributed by atoms with E-state index in [4.69, 9.17) is 10.2 Å². The predicted molar refractivity (Wildman–Crippen MR) is 116 cm³/mol. The third-order valence-corrected chi connectivity index (χ3v) is 5.27. The summed E-state index contributed by atoms with van der Waals surface area (Å²) in [5, 5.41) is 23.5. The van der Waals surface area contributed by atoms with Crippen molar-refractivity contribution in [3.05, 3.63) is 24.3 Å². The van der Waals surface area contributed by atoms with Gasteiger partial charge in [-0.25, -0.2) is 0 Å². The molecule has 6 nitrogen and oxygen atoms in total.